The first kappa shape index (κ1) is 19.8. The standard InChI is InChI=1S/C21H30N6O2/c1-16(28)26-13-6-17(15-26)20-18-5-4-8-23-21(18)27(24-20)14-9-22-19(29)7-12-25-10-2-3-11-25/h4-5,8,17H,2-3,6-7,9-15H2,1H3,(H,22,29)/t17-/m0/s1. The quantitative estimate of drug-likeness (QED) is 0.762. The smallest absolute Gasteiger partial charge is 0.221 e. The van der Waals surface area contributed by atoms with E-state index in [1.807, 2.05) is 21.7 Å². The fraction of sp³-hybridized carbons (Fsp3) is 0.619. The maximum atomic E-state index is 12.1. The first-order valence-corrected chi connectivity index (χ1v) is 10.7. The number of likely N-dealkylation sites (tertiary alicyclic amines) is 2. The van der Waals surface area contributed by atoms with E-state index in [4.69, 9.17) is 5.10 Å². The SMILES string of the molecule is CC(=O)N1CC[C@H](c2nn(CCNC(=O)CCN3CCCC3)c3ncccc23)C1. The number of fused-ring (bicyclic) bond motifs is 1. The molecule has 8 nitrogen and oxygen atoms in total. The lowest BCUT2D eigenvalue weighted by molar-refractivity contribution is -0.127. The average molecular weight is 399 g/mol. The molecule has 4 rings (SSSR count). The van der Waals surface area contributed by atoms with Gasteiger partial charge in [-0.3, -0.25) is 9.59 Å². The van der Waals surface area contributed by atoms with Crippen molar-refractivity contribution < 1.29 is 9.59 Å². The van der Waals surface area contributed by atoms with Crippen molar-refractivity contribution >= 4 is 22.8 Å². The molecule has 0 spiro atoms. The van der Waals surface area contributed by atoms with Gasteiger partial charge in [0.05, 0.1) is 12.2 Å². The molecule has 2 saturated heterocycles. The highest BCUT2D eigenvalue weighted by molar-refractivity contribution is 5.79. The van der Waals surface area contributed by atoms with Crippen LogP contribution in [0.1, 0.15) is 44.2 Å². The summed E-state index contributed by atoms with van der Waals surface area (Å²) in [5.74, 6) is 0.447. The zero-order chi connectivity index (χ0) is 20.2. The molecule has 0 aromatic carbocycles. The third kappa shape index (κ3) is 4.58. The number of pyridine rings is 1. The Morgan fingerprint density at radius 3 is 2.79 bits per heavy atom. The number of hydrogen-bond acceptors (Lipinski definition) is 5. The molecule has 8 heteroatoms. The van der Waals surface area contributed by atoms with Gasteiger partial charge in [0, 0.05) is 57.0 Å². The summed E-state index contributed by atoms with van der Waals surface area (Å²) in [5.41, 5.74) is 1.85. The van der Waals surface area contributed by atoms with E-state index in [0.717, 1.165) is 49.3 Å². The second-order valence-electron chi connectivity index (χ2n) is 8.08. The maximum Gasteiger partial charge on any atom is 0.221 e. The van der Waals surface area contributed by atoms with E-state index in [0.29, 0.717) is 26.1 Å². The van der Waals surface area contributed by atoms with Gasteiger partial charge in [0.2, 0.25) is 11.8 Å². The number of nitrogens with zero attached hydrogens (tertiary/aromatic N) is 5. The molecule has 2 amide bonds. The molecule has 4 heterocycles. The third-order valence-electron chi connectivity index (χ3n) is 6.06. The first-order valence-electron chi connectivity index (χ1n) is 10.7. The molecule has 0 aliphatic carbocycles. The Kier molecular flexibility index (Phi) is 6.08. The van der Waals surface area contributed by atoms with Crippen LogP contribution in [0.25, 0.3) is 11.0 Å². The topological polar surface area (TPSA) is 83.4 Å². The van der Waals surface area contributed by atoms with Crippen molar-refractivity contribution in [2.45, 2.75) is 45.1 Å². The number of amides is 2. The van der Waals surface area contributed by atoms with Crippen molar-refractivity contribution in [1.29, 1.82) is 0 Å². The Bertz CT molecular complexity index is 873. The number of carbonyl (C=O) groups excluding carboxylic acids is 2. The highest BCUT2D eigenvalue weighted by atomic mass is 16.2. The summed E-state index contributed by atoms with van der Waals surface area (Å²) in [6.07, 6.45) is 5.73. The van der Waals surface area contributed by atoms with Gasteiger partial charge in [0.15, 0.2) is 5.65 Å². The summed E-state index contributed by atoms with van der Waals surface area (Å²) in [7, 11) is 0. The van der Waals surface area contributed by atoms with E-state index >= 15 is 0 Å². The molecule has 2 aliphatic heterocycles. The average Bonchev–Trinajstić information content (AvgIpc) is 3.46. The number of aromatic nitrogens is 3. The molecule has 2 aromatic heterocycles. The van der Waals surface area contributed by atoms with Crippen LogP contribution >= 0.6 is 0 Å². The number of carbonyl (C=O) groups is 2. The Labute approximate surface area is 171 Å². The first-order chi connectivity index (χ1) is 14.1. The lowest BCUT2D eigenvalue weighted by Crippen LogP contribution is -2.31. The fourth-order valence-corrected chi connectivity index (χ4v) is 4.42. The minimum Gasteiger partial charge on any atom is -0.354 e. The van der Waals surface area contributed by atoms with Crippen LogP contribution in [-0.4, -0.2) is 75.6 Å². The van der Waals surface area contributed by atoms with Crippen molar-refractivity contribution in [3.8, 4) is 0 Å². The molecule has 1 atom stereocenters. The van der Waals surface area contributed by atoms with E-state index in [1.54, 1.807) is 13.1 Å². The third-order valence-corrected chi connectivity index (χ3v) is 6.06. The molecule has 2 aromatic rings. The van der Waals surface area contributed by atoms with Crippen molar-refractivity contribution in [2.75, 3.05) is 39.3 Å². The zero-order valence-electron chi connectivity index (χ0n) is 17.1. The van der Waals surface area contributed by atoms with Gasteiger partial charge in [0.1, 0.15) is 0 Å². The van der Waals surface area contributed by atoms with Gasteiger partial charge >= 0.3 is 0 Å². The molecule has 156 valence electrons. The van der Waals surface area contributed by atoms with Crippen LogP contribution in [0.15, 0.2) is 18.3 Å². The monoisotopic (exact) mass is 398 g/mol. The Morgan fingerprint density at radius 1 is 1.21 bits per heavy atom. The molecule has 1 N–H and O–H groups in total. The van der Waals surface area contributed by atoms with E-state index in [2.05, 4.69) is 15.2 Å². The molecule has 2 aliphatic rings. The van der Waals surface area contributed by atoms with Crippen LogP contribution in [0.2, 0.25) is 0 Å². The molecule has 0 saturated carbocycles. The summed E-state index contributed by atoms with van der Waals surface area (Å²) in [6, 6.07) is 3.97. The van der Waals surface area contributed by atoms with Crippen LogP contribution < -0.4 is 5.32 Å². The lowest BCUT2D eigenvalue weighted by Gasteiger charge is -2.14. The fourth-order valence-electron chi connectivity index (χ4n) is 4.42. The van der Waals surface area contributed by atoms with E-state index in [-0.39, 0.29) is 17.7 Å². The molecular weight excluding hydrogens is 368 g/mol. The Balaban J connectivity index is 1.36. The number of rotatable bonds is 7. The van der Waals surface area contributed by atoms with Gasteiger partial charge in [0.25, 0.3) is 0 Å². The Morgan fingerprint density at radius 2 is 2.03 bits per heavy atom. The number of nitrogens with one attached hydrogen (secondary N) is 1. The minimum atomic E-state index is 0.0921. The molecule has 0 bridgehead atoms. The summed E-state index contributed by atoms with van der Waals surface area (Å²) < 4.78 is 1.89. The van der Waals surface area contributed by atoms with Gasteiger partial charge in [-0.2, -0.15) is 5.10 Å². The van der Waals surface area contributed by atoms with Crippen molar-refractivity contribution in [1.82, 2.24) is 29.9 Å². The minimum absolute atomic E-state index is 0.0921. The van der Waals surface area contributed by atoms with Crippen LogP contribution in [0, 0.1) is 0 Å². The second kappa shape index (κ2) is 8.90. The molecule has 2 fully saturated rings. The zero-order valence-corrected chi connectivity index (χ0v) is 17.1. The number of hydrogen-bond donors (Lipinski definition) is 1. The Hall–Kier alpha value is -2.48. The van der Waals surface area contributed by atoms with Crippen LogP contribution in [0.4, 0.5) is 0 Å². The van der Waals surface area contributed by atoms with Crippen LogP contribution in [-0.2, 0) is 16.1 Å². The van der Waals surface area contributed by atoms with Crippen LogP contribution in [0.5, 0.6) is 0 Å². The summed E-state index contributed by atoms with van der Waals surface area (Å²) in [6.45, 7) is 7.31. The predicted molar refractivity (Wildman–Crippen MR) is 110 cm³/mol. The predicted octanol–water partition coefficient (Wildman–Crippen LogP) is 1.37. The second-order valence-corrected chi connectivity index (χ2v) is 8.08. The van der Waals surface area contributed by atoms with Gasteiger partial charge in [-0.15, -0.1) is 0 Å². The van der Waals surface area contributed by atoms with E-state index in [1.165, 1.54) is 12.8 Å². The highest BCUT2D eigenvalue weighted by Gasteiger charge is 2.29. The molecular formula is C21H30N6O2. The van der Waals surface area contributed by atoms with Crippen molar-refractivity contribution in [3.63, 3.8) is 0 Å². The van der Waals surface area contributed by atoms with Gasteiger partial charge in [-0.25, -0.2) is 9.67 Å². The van der Waals surface area contributed by atoms with Gasteiger partial charge in [-0.1, -0.05) is 0 Å². The van der Waals surface area contributed by atoms with E-state index in [9.17, 15) is 9.59 Å². The van der Waals surface area contributed by atoms with Crippen molar-refractivity contribution in [3.05, 3.63) is 24.0 Å². The largest absolute Gasteiger partial charge is 0.354 e. The van der Waals surface area contributed by atoms with Gasteiger partial charge < -0.3 is 15.1 Å². The van der Waals surface area contributed by atoms with E-state index < -0.39 is 0 Å². The summed E-state index contributed by atoms with van der Waals surface area (Å²) in [5, 5.41) is 8.89. The summed E-state index contributed by atoms with van der Waals surface area (Å²) >= 11 is 0. The van der Waals surface area contributed by atoms with Gasteiger partial charge in [-0.05, 0) is 44.5 Å². The normalized spacial score (nSPS) is 19.9. The highest BCUT2D eigenvalue weighted by Crippen LogP contribution is 2.31. The maximum absolute atomic E-state index is 12.1. The van der Waals surface area contributed by atoms with Crippen molar-refractivity contribution in [2.24, 2.45) is 0 Å². The van der Waals surface area contributed by atoms with Crippen LogP contribution in [0.3, 0.4) is 0 Å². The molecule has 0 radical (unpaired) electrons. The summed E-state index contributed by atoms with van der Waals surface area (Å²) in [4.78, 5) is 32.6. The molecule has 0 unspecified atom stereocenters. The molecule has 29 heavy (non-hydrogen) atoms. The lowest BCUT2D eigenvalue weighted by atomic mass is 10.0.